The maximum Gasteiger partial charge on any atom is 0.0442 e. The van der Waals surface area contributed by atoms with Gasteiger partial charge in [-0.25, -0.2) is 0 Å². The van der Waals surface area contributed by atoms with Crippen molar-refractivity contribution in [3.63, 3.8) is 0 Å². The summed E-state index contributed by atoms with van der Waals surface area (Å²) in [7, 11) is 0. The normalized spacial score (nSPS) is 22.7. The second-order valence-electron chi connectivity index (χ2n) is 5.16. The highest BCUT2D eigenvalue weighted by Crippen LogP contribution is 2.37. The molecule has 2 unspecified atom stereocenters. The molecule has 2 nitrogen and oxygen atoms in total. The van der Waals surface area contributed by atoms with Crippen LogP contribution in [0.1, 0.15) is 29.5 Å². The Hall–Kier alpha value is -0.900. The predicted octanol–water partition coefficient (Wildman–Crippen LogP) is 4.36. The first-order valence-corrected chi connectivity index (χ1v) is 7.99. The Labute approximate surface area is 132 Å². The molecule has 3 rings (SSSR count). The lowest BCUT2D eigenvalue weighted by Gasteiger charge is -2.32. The molecule has 1 fully saturated rings. The van der Waals surface area contributed by atoms with Crippen LogP contribution in [0.15, 0.2) is 47.1 Å². The zero-order valence-corrected chi connectivity index (χ0v) is 13.4. The quantitative estimate of drug-likeness (QED) is 0.869. The number of nitrogens with one attached hydrogen (secondary N) is 1. The highest BCUT2D eigenvalue weighted by molar-refractivity contribution is 9.10. The van der Waals surface area contributed by atoms with E-state index in [1.165, 1.54) is 11.3 Å². The number of halogens is 2. The van der Waals surface area contributed by atoms with Crippen molar-refractivity contribution in [2.45, 2.75) is 18.3 Å². The van der Waals surface area contributed by atoms with E-state index in [1.807, 2.05) is 18.3 Å². The summed E-state index contributed by atoms with van der Waals surface area (Å²) in [5, 5.41) is 4.29. The van der Waals surface area contributed by atoms with E-state index in [0.717, 1.165) is 29.0 Å². The minimum Gasteiger partial charge on any atom is -0.316 e. The van der Waals surface area contributed by atoms with Gasteiger partial charge < -0.3 is 5.32 Å². The van der Waals surface area contributed by atoms with Gasteiger partial charge in [0.15, 0.2) is 0 Å². The van der Waals surface area contributed by atoms with Gasteiger partial charge >= 0.3 is 0 Å². The van der Waals surface area contributed by atoms with E-state index in [4.69, 9.17) is 11.6 Å². The van der Waals surface area contributed by atoms with Crippen molar-refractivity contribution >= 4 is 27.5 Å². The van der Waals surface area contributed by atoms with Crippen molar-refractivity contribution in [3.05, 3.63) is 63.3 Å². The summed E-state index contributed by atoms with van der Waals surface area (Å²) in [4.78, 5) is 4.59. The number of aromatic nitrogens is 1. The predicted molar refractivity (Wildman–Crippen MR) is 86.4 cm³/mol. The summed E-state index contributed by atoms with van der Waals surface area (Å²) < 4.78 is 1.02. The minimum atomic E-state index is 0.427. The summed E-state index contributed by atoms with van der Waals surface area (Å²) in [5.74, 6) is 0.874. The zero-order chi connectivity index (χ0) is 13.9. The first-order valence-electron chi connectivity index (χ1n) is 6.81. The first-order chi connectivity index (χ1) is 9.74. The molecule has 0 aliphatic carbocycles. The molecule has 0 saturated carbocycles. The molecule has 1 aliphatic rings. The van der Waals surface area contributed by atoms with Crippen molar-refractivity contribution < 1.29 is 0 Å². The third kappa shape index (κ3) is 3.05. The molecule has 1 N–H and O–H groups in total. The minimum absolute atomic E-state index is 0.427. The molecule has 2 atom stereocenters. The SMILES string of the molecule is Clc1cccc(C2CNCCC2c2ccc(Br)cn2)c1. The van der Waals surface area contributed by atoms with Crippen LogP contribution in [0, 0.1) is 0 Å². The smallest absolute Gasteiger partial charge is 0.0442 e. The van der Waals surface area contributed by atoms with Crippen LogP contribution >= 0.6 is 27.5 Å². The lowest BCUT2D eigenvalue weighted by atomic mass is 9.79. The van der Waals surface area contributed by atoms with E-state index in [0.29, 0.717) is 11.8 Å². The highest BCUT2D eigenvalue weighted by Gasteiger charge is 2.28. The fourth-order valence-electron chi connectivity index (χ4n) is 2.91. The van der Waals surface area contributed by atoms with E-state index in [9.17, 15) is 0 Å². The Balaban J connectivity index is 1.93. The summed E-state index contributed by atoms with van der Waals surface area (Å²) in [6.45, 7) is 2.02. The van der Waals surface area contributed by atoms with Crippen LogP contribution < -0.4 is 5.32 Å². The van der Waals surface area contributed by atoms with E-state index >= 15 is 0 Å². The lowest BCUT2D eigenvalue weighted by molar-refractivity contribution is 0.398. The zero-order valence-electron chi connectivity index (χ0n) is 11.0. The van der Waals surface area contributed by atoms with Gasteiger partial charge in [0.05, 0.1) is 0 Å². The third-order valence-electron chi connectivity index (χ3n) is 3.89. The molecule has 1 aliphatic heterocycles. The number of benzene rings is 1. The molecule has 0 spiro atoms. The van der Waals surface area contributed by atoms with Crippen LogP contribution in [-0.2, 0) is 0 Å². The average Bonchev–Trinajstić information content (AvgIpc) is 2.48. The van der Waals surface area contributed by atoms with Crippen molar-refractivity contribution in [3.8, 4) is 0 Å². The average molecular weight is 352 g/mol. The summed E-state index contributed by atoms with van der Waals surface area (Å²) in [6.07, 6.45) is 2.98. The Morgan fingerprint density at radius 1 is 1.20 bits per heavy atom. The van der Waals surface area contributed by atoms with E-state index in [1.54, 1.807) is 0 Å². The van der Waals surface area contributed by atoms with Crippen molar-refractivity contribution in [2.24, 2.45) is 0 Å². The standard InChI is InChI=1S/C16H16BrClN2/c17-12-4-5-16(20-9-12)14-6-7-19-10-15(14)11-2-1-3-13(18)8-11/h1-5,8-9,14-15,19H,6-7,10H2. The van der Waals surface area contributed by atoms with Gasteiger partial charge in [-0.2, -0.15) is 0 Å². The number of piperidine rings is 1. The van der Waals surface area contributed by atoms with Gasteiger partial charge in [0.1, 0.15) is 0 Å². The molecule has 0 radical (unpaired) electrons. The monoisotopic (exact) mass is 350 g/mol. The van der Waals surface area contributed by atoms with Gasteiger partial charge in [-0.05, 0) is 58.7 Å². The van der Waals surface area contributed by atoms with Crippen molar-refractivity contribution in [1.29, 1.82) is 0 Å². The molecule has 104 valence electrons. The number of hydrogen-bond donors (Lipinski definition) is 1. The lowest BCUT2D eigenvalue weighted by Crippen LogP contribution is -2.34. The van der Waals surface area contributed by atoms with E-state index < -0.39 is 0 Å². The Bertz CT molecular complexity index is 585. The first kappa shape index (κ1) is 14.1. The molecule has 4 heteroatoms. The molecule has 1 aromatic carbocycles. The number of hydrogen-bond acceptors (Lipinski definition) is 2. The van der Waals surface area contributed by atoms with Crippen LogP contribution in [0.4, 0.5) is 0 Å². The van der Waals surface area contributed by atoms with E-state index in [2.05, 4.69) is 50.5 Å². The molecule has 1 aromatic heterocycles. The third-order valence-corrected chi connectivity index (χ3v) is 4.59. The molecule has 0 amide bonds. The molecule has 2 heterocycles. The fraction of sp³-hybridized carbons (Fsp3) is 0.312. The van der Waals surface area contributed by atoms with Gasteiger partial charge in [0.2, 0.25) is 0 Å². The summed E-state index contributed by atoms with van der Waals surface area (Å²) >= 11 is 9.58. The molecular formula is C16H16BrClN2. The van der Waals surface area contributed by atoms with Gasteiger partial charge in [0.25, 0.3) is 0 Å². The second kappa shape index (κ2) is 6.25. The summed E-state index contributed by atoms with van der Waals surface area (Å²) in [5.41, 5.74) is 2.46. The Morgan fingerprint density at radius 2 is 2.10 bits per heavy atom. The largest absolute Gasteiger partial charge is 0.316 e. The molecule has 0 bridgehead atoms. The van der Waals surface area contributed by atoms with Gasteiger partial charge in [-0.3, -0.25) is 4.98 Å². The highest BCUT2D eigenvalue weighted by atomic mass is 79.9. The molecule has 2 aromatic rings. The van der Waals surface area contributed by atoms with E-state index in [-0.39, 0.29) is 0 Å². The van der Waals surface area contributed by atoms with Crippen LogP contribution in [-0.4, -0.2) is 18.1 Å². The fourth-order valence-corrected chi connectivity index (χ4v) is 3.34. The maximum atomic E-state index is 6.14. The molecular weight excluding hydrogens is 336 g/mol. The van der Waals surface area contributed by atoms with Crippen LogP contribution in [0.25, 0.3) is 0 Å². The van der Waals surface area contributed by atoms with Gasteiger partial charge in [-0.15, -0.1) is 0 Å². The second-order valence-corrected chi connectivity index (χ2v) is 6.51. The van der Waals surface area contributed by atoms with Crippen molar-refractivity contribution in [2.75, 3.05) is 13.1 Å². The van der Waals surface area contributed by atoms with Crippen LogP contribution in [0.2, 0.25) is 5.02 Å². The van der Waals surface area contributed by atoms with Crippen LogP contribution in [0.5, 0.6) is 0 Å². The Kier molecular flexibility index (Phi) is 4.39. The van der Waals surface area contributed by atoms with Crippen molar-refractivity contribution in [1.82, 2.24) is 10.3 Å². The van der Waals surface area contributed by atoms with Crippen LogP contribution in [0.3, 0.4) is 0 Å². The number of pyridine rings is 1. The van der Waals surface area contributed by atoms with Gasteiger partial charge in [0, 0.05) is 39.8 Å². The topological polar surface area (TPSA) is 24.9 Å². The number of rotatable bonds is 2. The molecule has 1 saturated heterocycles. The van der Waals surface area contributed by atoms with Gasteiger partial charge in [-0.1, -0.05) is 23.7 Å². The Morgan fingerprint density at radius 3 is 2.85 bits per heavy atom. The molecule has 20 heavy (non-hydrogen) atoms. The maximum absolute atomic E-state index is 6.14. The number of nitrogens with zero attached hydrogens (tertiary/aromatic N) is 1. The summed E-state index contributed by atoms with van der Waals surface area (Å²) in [6, 6.07) is 12.4.